The molecule has 0 bridgehead atoms. The number of primary amides is 1. The summed E-state index contributed by atoms with van der Waals surface area (Å²) in [5, 5.41) is 22.5. The van der Waals surface area contributed by atoms with Gasteiger partial charge in [-0.2, -0.15) is 0 Å². The van der Waals surface area contributed by atoms with Gasteiger partial charge in [0.1, 0.15) is 18.1 Å². The lowest BCUT2D eigenvalue weighted by Crippen LogP contribution is -2.57. The summed E-state index contributed by atoms with van der Waals surface area (Å²) in [7, 11) is 0. The summed E-state index contributed by atoms with van der Waals surface area (Å²) < 4.78 is 0. The molecule has 0 aromatic carbocycles. The van der Waals surface area contributed by atoms with Gasteiger partial charge in [0.05, 0.1) is 12.5 Å². The van der Waals surface area contributed by atoms with Gasteiger partial charge < -0.3 is 42.9 Å². The molecule has 1 aliphatic rings. The Balaban J connectivity index is 2.87. The number of amides is 4. The predicted molar refractivity (Wildman–Crippen MR) is 118 cm³/mol. The summed E-state index contributed by atoms with van der Waals surface area (Å²) in [5.41, 5.74) is 16.6. The highest BCUT2D eigenvalue weighted by atomic mass is 16.4. The van der Waals surface area contributed by atoms with Crippen LogP contribution in [0.3, 0.4) is 0 Å². The molecule has 1 fully saturated rings. The van der Waals surface area contributed by atoms with Crippen molar-refractivity contribution in [2.45, 2.75) is 75.5 Å². The molecule has 1 rings (SSSR count). The molecule has 1 aliphatic heterocycles. The van der Waals surface area contributed by atoms with Gasteiger partial charge in [-0.3, -0.25) is 24.0 Å². The minimum Gasteiger partial charge on any atom is -0.481 e. The molecule has 4 unspecified atom stereocenters. The number of aliphatic carboxylic acids is 2. The van der Waals surface area contributed by atoms with Crippen molar-refractivity contribution in [2.75, 3.05) is 13.1 Å². The average Bonchev–Trinajstić information content (AvgIpc) is 3.24. The van der Waals surface area contributed by atoms with Crippen LogP contribution in [0.15, 0.2) is 0 Å². The summed E-state index contributed by atoms with van der Waals surface area (Å²) in [5.74, 6) is -5.80. The Kier molecular flexibility index (Phi) is 11.9. The summed E-state index contributed by atoms with van der Waals surface area (Å²) >= 11 is 0. The van der Waals surface area contributed by atoms with Crippen molar-refractivity contribution < 1.29 is 39.0 Å². The van der Waals surface area contributed by atoms with Crippen molar-refractivity contribution in [1.29, 1.82) is 0 Å². The Bertz CT molecular complexity index is 776. The summed E-state index contributed by atoms with van der Waals surface area (Å²) in [6, 6.07) is -4.78. The van der Waals surface area contributed by atoms with Crippen molar-refractivity contribution in [3.8, 4) is 0 Å². The molecular weight excluding hydrogens is 452 g/mol. The molecular formula is C20H34N6O8. The zero-order chi connectivity index (χ0) is 25.8. The molecule has 4 amide bonds. The first kappa shape index (κ1) is 28.8. The second kappa shape index (κ2) is 14.1. The van der Waals surface area contributed by atoms with Crippen LogP contribution in [0.1, 0.15) is 51.4 Å². The number of unbranched alkanes of at least 4 members (excludes halogenated alkanes) is 1. The summed E-state index contributed by atoms with van der Waals surface area (Å²) in [4.78, 5) is 73.1. The SMILES string of the molecule is NCCCCC(N)C(=O)N1CCCC1C(=O)NC(CC(N)=O)C(=O)NC(CCC(=O)O)C(=O)O. The molecule has 0 spiro atoms. The van der Waals surface area contributed by atoms with Crippen LogP contribution in [-0.4, -0.2) is 87.9 Å². The number of nitrogens with one attached hydrogen (secondary N) is 2. The minimum atomic E-state index is -1.55. The summed E-state index contributed by atoms with van der Waals surface area (Å²) in [6.45, 7) is 0.766. The van der Waals surface area contributed by atoms with Gasteiger partial charge in [-0.05, 0) is 38.6 Å². The molecule has 192 valence electrons. The summed E-state index contributed by atoms with van der Waals surface area (Å²) in [6.07, 6.45) is 1.06. The Morgan fingerprint density at radius 2 is 1.68 bits per heavy atom. The van der Waals surface area contributed by atoms with E-state index in [-0.39, 0.29) is 0 Å². The fourth-order valence-electron chi connectivity index (χ4n) is 3.62. The average molecular weight is 487 g/mol. The van der Waals surface area contributed by atoms with Crippen LogP contribution < -0.4 is 27.8 Å². The molecule has 0 aliphatic carbocycles. The van der Waals surface area contributed by atoms with Crippen molar-refractivity contribution in [1.82, 2.24) is 15.5 Å². The van der Waals surface area contributed by atoms with Crippen molar-refractivity contribution in [3.05, 3.63) is 0 Å². The normalized spacial score (nSPS) is 17.9. The van der Waals surface area contributed by atoms with E-state index in [1.165, 1.54) is 4.90 Å². The molecule has 1 heterocycles. The third-order valence-electron chi connectivity index (χ3n) is 5.42. The van der Waals surface area contributed by atoms with Gasteiger partial charge in [-0.15, -0.1) is 0 Å². The first-order chi connectivity index (χ1) is 16.0. The van der Waals surface area contributed by atoms with Crippen LogP contribution in [0.5, 0.6) is 0 Å². The van der Waals surface area contributed by atoms with Gasteiger partial charge in [0.2, 0.25) is 23.6 Å². The van der Waals surface area contributed by atoms with E-state index < -0.39 is 79.0 Å². The Morgan fingerprint density at radius 1 is 1.00 bits per heavy atom. The first-order valence-electron chi connectivity index (χ1n) is 11.1. The first-order valence-corrected chi connectivity index (χ1v) is 11.1. The number of carbonyl (C=O) groups is 6. The van der Waals surface area contributed by atoms with Crippen LogP contribution in [0.2, 0.25) is 0 Å². The monoisotopic (exact) mass is 486 g/mol. The van der Waals surface area contributed by atoms with Crippen LogP contribution in [0, 0.1) is 0 Å². The van der Waals surface area contributed by atoms with E-state index in [2.05, 4.69) is 10.6 Å². The highest BCUT2D eigenvalue weighted by Crippen LogP contribution is 2.19. The third-order valence-corrected chi connectivity index (χ3v) is 5.42. The smallest absolute Gasteiger partial charge is 0.326 e. The Morgan fingerprint density at radius 3 is 2.24 bits per heavy atom. The number of carboxylic acid groups (broad SMARTS) is 2. The van der Waals surface area contributed by atoms with E-state index in [4.69, 9.17) is 22.3 Å². The maximum Gasteiger partial charge on any atom is 0.326 e. The quantitative estimate of drug-likeness (QED) is 0.117. The lowest BCUT2D eigenvalue weighted by Gasteiger charge is -2.28. The molecule has 0 radical (unpaired) electrons. The number of likely N-dealkylation sites (tertiary alicyclic amines) is 1. The van der Waals surface area contributed by atoms with E-state index >= 15 is 0 Å². The number of carbonyl (C=O) groups excluding carboxylic acids is 4. The number of nitrogens with zero attached hydrogens (tertiary/aromatic N) is 1. The predicted octanol–water partition coefficient (Wildman–Crippen LogP) is -2.77. The molecule has 0 saturated carbocycles. The Hall–Kier alpha value is -3.26. The van der Waals surface area contributed by atoms with Crippen molar-refractivity contribution in [3.63, 3.8) is 0 Å². The highest BCUT2D eigenvalue weighted by Gasteiger charge is 2.38. The van der Waals surface area contributed by atoms with Gasteiger partial charge in [0, 0.05) is 13.0 Å². The van der Waals surface area contributed by atoms with Crippen LogP contribution in [-0.2, 0) is 28.8 Å². The highest BCUT2D eigenvalue weighted by molar-refractivity contribution is 5.96. The van der Waals surface area contributed by atoms with Crippen LogP contribution >= 0.6 is 0 Å². The molecule has 0 aromatic rings. The zero-order valence-electron chi connectivity index (χ0n) is 18.9. The van der Waals surface area contributed by atoms with Gasteiger partial charge in [0.25, 0.3) is 0 Å². The number of nitrogens with two attached hydrogens (primary N) is 3. The van der Waals surface area contributed by atoms with Crippen LogP contribution in [0.4, 0.5) is 0 Å². The van der Waals surface area contributed by atoms with Crippen LogP contribution in [0.25, 0.3) is 0 Å². The maximum atomic E-state index is 12.9. The molecule has 4 atom stereocenters. The largest absolute Gasteiger partial charge is 0.481 e. The molecule has 14 nitrogen and oxygen atoms in total. The molecule has 14 heteroatoms. The van der Waals surface area contributed by atoms with E-state index in [1.807, 2.05) is 0 Å². The number of hydrogen-bond acceptors (Lipinski definition) is 8. The molecule has 34 heavy (non-hydrogen) atoms. The van der Waals surface area contributed by atoms with E-state index in [9.17, 15) is 33.9 Å². The zero-order valence-corrected chi connectivity index (χ0v) is 18.9. The number of hydrogen-bond donors (Lipinski definition) is 7. The second-order valence-corrected chi connectivity index (χ2v) is 8.14. The van der Waals surface area contributed by atoms with Crippen molar-refractivity contribution >= 4 is 35.6 Å². The van der Waals surface area contributed by atoms with E-state index in [0.717, 1.165) is 0 Å². The molecule has 10 N–H and O–H groups in total. The minimum absolute atomic E-state index is 0.296. The van der Waals surface area contributed by atoms with Gasteiger partial charge in [-0.25, -0.2) is 4.79 Å². The fourth-order valence-corrected chi connectivity index (χ4v) is 3.62. The number of carboxylic acids is 2. The molecule has 1 saturated heterocycles. The van der Waals surface area contributed by atoms with E-state index in [1.54, 1.807) is 0 Å². The topological polar surface area (TPSA) is 248 Å². The Labute approximate surface area is 196 Å². The van der Waals surface area contributed by atoms with Gasteiger partial charge in [0.15, 0.2) is 0 Å². The fraction of sp³-hybridized carbons (Fsp3) is 0.700. The maximum absolute atomic E-state index is 12.9. The lowest BCUT2D eigenvalue weighted by atomic mass is 10.1. The second-order valence-electron chi connectivity index (χ2n) is 8.14. The van der Waals surface area contributed by atoms with E-state index in [0.29, 0.717) is 45.2 Å². The van der Waals surface area contributed by atoms with Gasteiger partial charge >= 0.3 is 11.9 Å². The van der Waals surface area contributed by atoms with Gasteiger partial charge in [-0.1, -0.05) is 6.42 Å². The molecule has 0 aromatic heterocycles. The lowest BCUT2D eigenvalue weighted by molar-refractivity contribution is -0.144. The number of rotatable bonds is 15. The standard InChI is InChI=1S/C20H34N6O8/c21-8-2-1-4-11(22)19(32)26-9-3-5-14(26)18(31)25-13(10-15(23)27)17(30)24-12(20(33)34)6-7-16(28)29/h11-14H,1-10,21-22H2,(H2,23,27)(H,24,30)(H,25,31)(H,28,29)(H,33,34). The van der Waals surface area contributed by atoms with Crippen molar-refractivity contribution in [2.24, 2.45) is 17.2 Å². The third kappa shape index (κ3) is 9.31.